The normalized spacial score (nSPS) is 10.7. The van der Waals surface area contributed by atoms with Gasteiger partial charge in [-0.25, -0.2) is 0 Å². The number of carbonyl (C=O) groups is 1. The Morgan fingerprint density at radius 3 is 1.69 bits per heavy atom. The topological polar surface area (TPSA) is 96.2 Å². The van der Waals surface area contributed by atoms with Crippen LogP contribution in [0.4, 0.5) is 0 Å². The summed E-state index contributed by atoms with van der Waals surface area (Å²) >= 11 is 2.27. The molecule has 2 aromatic rings. The van der Waals surface area contributed by atoms with Crippen molar-refractivity contribution in [2.75, 3.05) is 13.2 Å². The van der Waals surface area contributed by atoms with Crippen LogP contribution in [-0.2, 0) is 4.79 Å². The first-order valence-corrected chi connectivity index (χ1v) is 9.68. The molecule has 0 aromatic heterocycles. The zero-order chi connectivity index (χ0) is 19.1. The van der Waals surface area contributed by atoms with E-state index in [9.17, 15) is 20.1 Å². The maximum absolute atomic E-state index is 11.7. The highest BCUT2D eigenvalue weighted by Crippen LogP contribution is 2.40. The van der Waals surface area contributed by atoms with Gasteiger partial charge in [-0.1, -0.05) is 23.5 Å². The largest absolute Gasteiger partial charge is 0.504 e. The highest BCUT2D eigenvalue weighted by molar-refractivity contribution is 8.18. The highest BCUT2D eigenvalue weighted by atomic mass is 32.2. The number of phenols is 2. The third kappa shape index (κ3) is 5.40. The molecule has 8 heteroatoms. The molecular weight excluding hydrogens is 376 g/mol. The highest BCUT2D eigenvalue weighted by Gasteiger charge is 2.22. The van der Waals surface area contributed by atoms with E-state index in [1.54, 1.807) is 38.1 Å². The minimum Gasteiger partial charge on any atom is -0.504 e. The summed E-state index contributed by atoms with van der Waals surface area (Å²) < 4.78 is 9.84. The first-order valence-electron chi connectivity index (χ1n) is 7.92. The fraction of sp³-hybridized carbons (Fsp3) is 0.278. The van der Waals surface area contributed by atoms with Crippen LogP contribution < -0.4 is 9.47 Å². The summed E-state index contributed by atoms with van der Waals surface area (Å²) in [5.41, 5.74) is 0. The molecule has 0 amide bonds. The van der Waals surface area contributed by atoms with E-state index in [1.165, 1.54) is 12.1 Å². The van der Waals surface area contributed by atoms with Crippen LogP contribution >= 0.6 is 23.5 Å². The number of aliphatic carboxylic acids is 1. The summed E-state index contributed by atoms with van der Waals surface area (Å²) in [6.45, 7) is 4.39. The summed E-state index contributed by atoms with van der Waals surface area (Å²) in [5.74, 6) is -0.340. The molecule has 0 unspecified atom stereocenters. The van der Waals surface area contributed by atoms with Gasteiger partial charge in [-0.15, -0.1) is 0 Å². The maximum atomic E-state index is 11.7. The number of thioether (sulfide) groups is 2. The van der Waals surface area contributed by atoms with Gasteiger partial charge in [0.25, 0.3) is 0 Å². The van der Waals surface area contributed by atoms with Crippen LogP contribution in [0.25, 0.3) is 0 Å². The molecule has 140 valence electrons. The van der Waals surface area contributed by atoms with Gasteiger partial charge < -0.3 is 24.8 Å². The van der Waals surface area contributed by atoms with Gasteiger partial charge in [-0.2, -0.15) is 0 Å². The van der Waals surface area contributed by atoms with Gasteiger partial charge in [-0.05, 0) is 50.2 Å². The van der Waals surface area contributed by atoms with E-state index in [0.29, 0.717) is 34.5 Å². The molecule has 6 nitrogen and oxygen atoms in total. The molecule has 0 saturated carbocycles. The van der Waals surface area contributed by atoms with Gasteiger partial charge in [0.15, 0.2) is 27.6 Å². The van der Waals surface area contributed by atoms with E-state index in [-0.39, 0.29) is 11.5 Å². The average molecular weight is 396 g/mol. The van der Waals surface area contributed by atoms with Crippen LogP contribution in [-0.4, -0.2) is 39.1 Å². The minimum atomic E-state index is -0.989. The van der Waals surface area contributed by atoms with Crippen molar-refractivity contribution >= 4 is 29.5 Å². The molecule has 0 spiro atoms. The van der Waals surface area contributed by atoms with E-state index < -0.39 is 10.6 Å². The van der Waals surface area contributed by atoms with Crippen molar-refractivity contribution in [2.45, 2.75) is 28.2 Å². The molecule has 26 heavy (non-hydrogen) atoms. The molecule has 0 aliphatic rings. The fourth-order valence-electron chi connectivity index (χ4n) is 2.05. The van der Waals surface area contributed by atoms with E-state index in [4.69, 9.17) is 9.47 Å². The second-order valence-electron chi connectivity index (χ2n) is 5.03. The number of ether oxygens (including phenoxy) is 2. The van der Waals surface area contributed by atoms with Gasteiger partial charge in [0.1, 0.15) is 0 Å². The number of benzene rings is 2. The number of rotatable bonds is 9. The average Bonchev–Trinajstić information content (AvgIpc) is 2.60. The van der Waals surface area contributed by atoms with Crippen molar-refractivity contribution in [3.8, 4) is 23.0 Å². The van der Waals surface area contributed by atoms with E-state index in [0.717, 1.165) is 23.5 Å². The van der Waals surface area contributed by atoms with Crippen LogP contribution in [0.1, 0.15) is 13.8 Å². The lowest BCUT2D eigenvalue weighted by Gasteiger charge is -2.14. The van der Waals surface area contributed by atoms with Gasteiger partial charge in [-0.3, -0.25) is 4.79 Å². The monoisotopic (exact) mass is 396 g/mol. The predicted molar refractivity (Wildman–Crippen MR) is 102 cm³/mol. The number of hydrogen-bond acceptors (Lipinski definition) is 7. The zero-order valence-corrected chi connectivity index (χ0v) is 16.0. The van der Waals surface area contributed by atoms with Crippen molar-refractivity contribution < 1.29 is 29.6 Å². The molecule has 0 bridgehead atoms. The minimum absolute atomic E-state index is 0.00983. The number of carboxylic acids is 1. The van der Waals surface area contributed by atoms with Crippen molar-refractivity contribution in [1.82, 2.24) is 0 Å². The van der Waals surface area contributed by atoms with E-state index >= 15 is 0 Å². The lowest BCUT2D eigenvalue weighted by Crippen LogP contribution is -2.11. The van der Waals surface area contributed by atoms with Crippen molar-refractivity contribution in [1.29, 1.82) is 0 Å². The SMILES string of the molecule is CCOc1cc(SC(Sc2ccc(O)c(OCC)c2)C(=O)O)ccc1O. The fourth-order valence-corrected chi connectivity index (χ4v) is 4.25. The van der Waals surface area contributed by atoms with E-state index in [2.05, 4.69) is 0 Å². The lowest BCUT2D eigenvalue weighted by atomic mass is 10.3. The van der Waals surface area contributed by atoms with Crippen molar-refractivity contribution in [2.24, 2.45) is 0 Å². The molecule has 0 radical (unpaired) electrons. The Bertz CT molecular complexity index is 708. The van der Waals surface area contributed by atoms with Crippen LogP contribution in [0.15, 0.2) is 46.2 Å². The summed E-state index contributed by atoms with van der Waals surface area (Å²) in [5, 5.41) is 29.1. The second kappa shape index (κ2) is 9.49. The van der Waals surface area contributed by atoms with Crippen LogP contribution in [0, 0.1) is 0 Å². The molecule has 3 N–H and O–H groups in total. The Kier molecular flexibility index (Phi) is 7.35. The van der Waals surface area contributed by atoms with Crippen LogP contribution in [0.3, 0.4) is 0 Å². The Morgan fingerprint density at radius 1 is 0.923 bits per heavy atom. The van der Waals surface area contributed by atoms with Gasteiger partial charge in [0.2, 0.25) is 0 Å². The molecule has 0 fully saturated rings. The molecular formula is C18H20O6S2. The molecule has 0 atom stereocenters. The second-order valence-corrected chi connectivity index (χ2v) is 7.69. The smallest absolute Gasteiger partial charge is 0.327 e. The van der Waals surface area contributed by atoms with Gasteiger partial charge in [0, 0.05) is 9.79 Å². The Hall–Kier alpha value is -2.19. The van der Waals surface area contributed by atoms with Gasteiger partial charge >= 0.3 is 5.97 Å². The first kappa shape index (κ1) is 20.1. The summed E-state index contributed by atoms with van der Waals surface area (Å²) in [6.07, 6.45) is 0. The first-order chi connectivity index (χ1) is 12.4. The molecule has 0 aliphatic heterocycles. The third-order valence-corrected chi connectivity index (χ3v) is 5.61. The Labute approximate surface area is 160 Å². The number of hydrogen-bond donors (Lipinski definition) is 3. The number of phenolic OH excluding ortho intramolecular Hbond substituents is 2. The number of carboxylic acid groups (broad SMARTS) is 1. The predicted octanol–water partition coefficient (Wildman–Crippen LogP) is 4.19. The molecule has 2 aromatic carbocycles. The zero-order valence-electron chi connectivity index (χ0n) is 14.3. The van der Waals surface area contributed by atoms with Crippen LogP contribution in [0.5, 0.6) is 23.0 Å². The van der Waals surface area contributed by atoms with E-state index in [1.807, 2.05) is 0 Å². The Balaban J connectivity index is 2.18. The van der Waals surface area contributed by atoms with Crippen LogP contribution in [0.2, 0.25) is 0 Å². The maximum Gasteiger partial charge on any atom is 0.327 e. The quantitative estimate of drug-likeness (QED) is 0.429. The number of aromatic hydroxyl groups is 2. The molecule has 2 rings (SSSR count). The Morgan fingerprint density at radius 2 is 1.35 bits per heavy atom. The lowest BCUT2D eigenvalue weighted by molar-refractivity contribution is -0.134. The molecule has 0 saturated heterocycles. The molecule has 0 heterocycles. The molecule has 0 aliphatic carbocycles. The standard InChI is InChI=1S/C18H20O6S2/c1-3-23-15-9-11(5-7-13(15)19)25-18(17(21)22)26-12-6-8-14(20)16(10-12)24-4-2/h5-10,18-20H,3-4H2,1-2H3,(H,21,22). The summed E-state index contributed by atoms with van der Waals surface area (Å²) in [4.78, 5) is 13.0. The summed E-state index contributed by atoms with van der Waals surface area (Å²) in [6, 6.07) is 9.46. The van der Waals surface area contributed by atoms with Crippen molar-refractivity contribution in [3.63, 3.8) is 0 Å². The van der Waals surface area contributed by atoms with Gasteiger partial charge in [0.05, 0.1) is 13.2 Å². The third-order valence-electron chi connectivity index (χ3n) is 3.15. The van der Waals surface area contributed by atoms with Crippen molar-refractivity contribution in [3.05, 3.63) is 36.4 Å². The summed E-state index contributed by atoms with van der Waals surface area (Å²) in [7, 11) is 0.